The molecule has 1 aromatic carbocycles. The van der Waals surface area contributed by atoms with E-state index < -0.39 is 6.10 Å². The van der Waals surface area contributed by atoms with Gasteiger partial charge in [-0.05, 0) is 18.6 Å². The number of fused-ring (bicyclic) bond motifs is 2. The number of nitrogens with one attached hydrogen (secondary N) is 1. The minimum Gasteiger partial charge on any atom is -0.383 e. The van der Waals surface area contributed by atoms with Gasteiger partial charge in [-0.3, -0.25) is 14.8 Å². The monoisotopic (exact) mass is 549 g/mol. The molecule has 0 saturated carbocycles. The highest BCUT2D eigenvalue weighted by molar-refractivity contribution is 7.19. The van der Waals surface area contributed by atoms with Gasteiger partial charge in [-0.15, -0.1) is 11.3 Å². The van der Waals surface area contributed by atoms with Crippen molar-refractivity contribution >= 4 is 50.5 Å². The lowest BCUT2D eigenvalue weighted by atomic mass is 10.1. The number of aliphatic hydroxyl groups is 1. The third kappa shape index (κ3) is 5.37. The van der Waals surface area contributed by atoms with E-state index in [0.29, 0.717) is 32.1 Å². The van der Waals surface area contributed by atoms with Crippen molar-refractivity contribution in [2.75, 3.05) is 57.4 Å². The highest BCUT2D eigenvalue weighted by atomic mass is 32.1. The van der Waals surface area contributed by atoms with Gasteiger partial charge in [0, 0.05) is 68.1 Å². The molecule has 204 valence electrons. The number of hydrogen-bond acceptors (Lipinski definition) is 10. The van der Waals surface area contributed by atoms with Crippen molar-refractivity contribution in [3.05, 3.63) is 35.3 Å². The van der Waals surface area contributed by atoms with Gasteiger partial charge in [-0.1, -0.05) is 12.1 Å². The summed E-state index contributed by atoms with van der Waals surface area (Å²) in [5.41, 5.74) is 2.82. The Labute approximate surface area is 229 Å². The van der Waals surface area contributed by atoms with Crippen LogP contribution in [-0.4, -0.2) is 106 Å². The average molecular weight is 550 g/mol. The summed E-state index contributed by atoms with van der Waals surface area (Å²) < 4.78 is 6.67. The van der Waals surface area contributed by atoms with Gasteiger partial charge in [0.25, 0.3) is 5.91 Å². The summed E-state index contributed by atoms with van der Waals surface area (Å²) in [6.07, 6.45) is 1.80. The molecule has 2 saturated heterocycles. The first-order valence-corrected chi connectivity index (χ1v) is 14.1. The number of aromatic nitrogens is 4. The van der Waals surface area contributed by atoms with Crippen molar-refractivity contribution in [3.8, 4) is 11.4 Å². The van der Waals surface area contributed by atoms with Gasteiger partial charge in [0.1, 0.15) is 12.4 Å². The number of anilines is 1. The van der Waals surface area contributed by atoms with Crippen LogP contribution >= 0.6 is 11.3 Å². The van der Waals surface area contributed by atoms with Crippen LogP contribution in [0.5, 0.6) is 0 Å². The summed E-state index contributed by atoms with van der Waals surface area (Å²) in [5, 5.41) is 18.3. The minimum absolute atomic E-state index is 0.175. The largest absolute Gasteiger partial charge is 0.383 e. The molecule has 6 rings (SSSR count). The van der Waals surface area contributed by atoms with Crippen molar-refractivity contribution in [2.45, 2.75) is 25.5 Å². The number of piperazine rings is 1. The maximum absolute atomic E-state index is 12.5. The Morgan fingerprint density at radius 1 is 1.15 bits per heavy atom. The van der Waals surface area contributed by atoms with Crippen LogP contribution in [0.4, 0.5) is 5.82 Å². The lowest BCUT2D eigenvalue weighted by molar-refractivity contribution is -0.142. The zero-order chi connectivity index (χ0) is 26.8. The van der Waals surface area contributed by atoms with Crippen molar-refractivity contribution in [1.29, 1.82) is 0 Å². The molecular weight excluding hydrogens is 518 g/mol. The molecule has 1 atom stereocenters. The number of benzene rings is 1. The smallest absolute Gasteiger partial charge is 0.251 e. The Morgan fingerprint density at radius 2 is 1.97 bits per heavy atom. The van der Waals surface area contributed by atoms with Gasteiger partial charge in [-0.2, -0.15) is 5.10 Å². The standard InChI is InChI=1S/C27H31N7O4S/c35-12-2-5-23(36)27(37)34-8-6-32(7-9-34)17-18-15-22-24(39-18)26(33-10-13-38-14-11-33)30-25(29-22)19-3-1-4-21-20(19)16-28-31-21/h1,3-4,12,15-16,23,36H,2,5-11,13-14,17H2,(H,28,31)/t23-/m1/s1. The molecule has 2 N–H and O–H groups in total. The highest BCUT2D eigenvalue weighted by Crippen LogP contribution is 2.36. The summed E-state index contributed by atoms with van der Waals surface area (Å²) in [7, 11) is 0. The number of aldehydes is 1. The number of thiophene rings is 1. The zero-order valence-electron chi connectivity index (χ0n) is 21.6. The Bertz CT molecular complexity index is 1470. The van der Waals surface area contributed by atoms with E-state index in [1.807, 2.05) is 24.4 Å². The van der Waals surface area contributed by atoms with Crippen molar-refractivity contribution < 1.29 is 19.4 Å². The van der Waals surface area contributed by atoms with E-state index in [0.717, 1.165) is 71.5 Å². The lowest BCUT2D eigenvalue weighted by Gasteiger charge is -2.35. The van der Waals surface area contributed by atoms with Crippen LogP contribution in [-0.2, 0) is 20.9 Å². The van der Waals surface area contributed by atoms with Crippen LogP contribution in [0, 0.1) is 0 Å². The number of aromatic amines is 1. The molecule has 2 aliphatic rings. The lowest BCUT2D eigenvalue weighted by Crippen LogP contribution is -2.51. The van der Waals surface area contributed by atoms with E-state index in [4.69, 9.17) is 14.7 Å². The number of ether oxygens (including phenoxy) is 1. The SMILES string of the molecule is O=CCC[C@@H](O)C(=O)N1CCN(Cc2cc3nc(-c4cccc5[nH]ncc45)nc(N4CCOCC4)c3s2)CC1. The number of morpholine rings is 1. The van der Waals surface area contributed by atoms with Crippen LogP contribution in [0.25, 0.3) is 32.5 Å². The van der Waals surface area contributed by atoms with E-state index in [9.17, 15) is 14.7 Å². The predicted octanol–water partition coefficient (Wildman–Crippen LogP) is 2.06. The number of carbonyl (C=O) groups excluding carboxylic acids is 2. The predicted molar refractivity (Wildman–Crippen MR) is 149 cm³/mol. The first-order chi connectivity index (χ1) is 19.1. The third-order valence-corrected chi connectivity index (χ3v) is 8.45. The minimum atomic E-state index is -1.11. The Morgan fingerprint density at radius 3 is 2.77 bits per heavy atom. The maximum atomic E-state index is 12.5. The number of H-pyrrole nitrogens is 1. The van der Waals surface area contributed by atoms with Gasteiger partial charge in [-0.25, -0.2) is 9.97 Å². The molecule has 0 spiro atoms. The summed E-state index contributed by atoms with van der Waals surface area (Å²) in [6.45, 7) is 6.20. The number of rotatable bonds is 8. The molecule has 5 heterocycles. The van der Waals surface area contributed by atoms with E-state index in [-0.39, 0.29) is 18.7 Å². The first-order valence-electron chi connectivity index (χ1n) is 13.3. The van der Waals surface area contributed by atoms with Crippen LogP contribution < -0.4 is 4.90 Å². The van der Waals surface area contributed by atoms with Crippen LogP contribution in [0.15, 0.2) is 30.5 Å². The normalized spacial score (nSPS) is 17.7. The molecule has 2 fully saturated rings. The second-order valence-corrected chi connectivity index (χ2v) is 11.0. The summed E-state index contributed by atoms with van der Waals surface area (Å²) >= 11 is 1.72. The second kappa shape index (κ2) is 11.3. The molecule has 4 aromatic rings. The number of aliphatic hydroxyl groups excluding tert-OH is 1. The van der Waals surface area contributed by atoms with Gasteiger partial charge in [0.2, 0.25) is 0 Å². The molecule has 3 aromatic heterocycles. The summed E-state index contributed by atoms with van der Waals surface area (Å²) in [4.78, 5) is 40.6. The highest BCUT2D eigenvalue weighted by Gasteiger charge is 2.27. The molecule has 0 aliphatic carbocycles. The fourth-order valence-corrected chi connectivity index (χ4v) is 6.38. The van der Waals surface area contributed by atoms with Gasteiger partial charge in [0.05, 0.1) is 35.1 Å². The van der Waals surface area contributed by atoms with Crippen molar-refractivity contribution in [3.63, 3.8) is 0 Å². The number of carbonyl (C=O) groups is 2. The average Bonchev–Trinajstić information content (AvgIpc) is 3.62. The van der Waals surface area contributed by atoms with Crippen molar-refractivity contribution in [1.82, 2.24) is 30.0 Å². The fraction of sp³-hybridized carbons (Fsp3) is 0.444. The Kier molecular flexibility index (Phi) is 7.51. The zero-order valence-corrected chi connectivity index (χ0v) is 22.4. The molecule has 0 bridgehead atoms. The van der Waals surface area contributed by atoms with Crippen molar-refractivity contribution in [2.24, 2.45) is 0 Å². The summed E-state index contributed by atoms with van der Waals surface area (Å²) in [5.74, 6) is 1.33. The van der Waals surface area contributed by atoms with Gasteiger partial charge in [0.15, 0.2) is 11.6 Å². The molecule has 11 nitrogen and oxygen atoms in total. The van der Waals surface area contributed by atoms with E-state index in [2.05, 4.69) is 26.1 Å². The number of nitrogens with zero attached hydrogens (tertiary/aromatic N) is 6. The molecule has 39 heavy (non-hydrogen) atoms. The Hall–Kier alpha value is -3.45. The second-order valence-electron chi connectivity index (χ2n) is 9.90. The maximum Gasteiger partial charge on any atom is 0.251 e. The quantitative estimate of drug-likeness (QED) is 0.318. The van der Waals surface area contributed by atoms with Crippen LogP contribution in [0.3, 0.4) is 0 Å². The Balaban J connectivity index is 1.24. The molecule has 0 unspecified atom stereocenters. The number of hydrogen-bond donors (Lipinski definition) is 2. The molecule has 0 radical (unpaired) electrons. The molecule has 12 heteroatoms. The molecule has 2 aliphatic heterocycles. The first kappa shape index (κ1) is 25.8. The third-order valence-electron chi connectivity index (χ3n) is 7.35. The van der Waals surface area contributed by atoms with Crippen LogP contribution in [0.2, 0.25) is 0 Å². The number of amides is 1. The topological polar surface area (TPSA) is 128 Å². The summed E-state index contributed by atoms with van der Waals surface area (Å²) in [6, 6.07) is 8.18. The van der Waals surface area contributed by atoms with Crippen LogP contribution in [0.1, 0.15) is 17.7 Å². The van der Waals surface area contributed by atoms with E-state index in [1.54, 1.807) is 16.2 Å². The molecular formula is C27H31N7O4S. The fourth-order valence-electron chi connectivity index (χ4n) is 5.22. The van der Waals surface area contributed by atoms with Gasteiger partial charge < -0.3 is 24.4 Å². The van der Waals surface area contributed by atoms with Gasteiger partial charge >= 0.3 is 0 Å². The van der Waals surface area contributed by atoms with E-state index >= 15 is 0 Å². The molecule has 1 amide bonds. The van der Waals surface area contributed by atoms with E-state index in [1.165, 1.54) is 4.88 Å².